The number of hydrogen-bond acceptors (Lipinski definition) is 6. The van der Waals surface area contributed by atoms with Crippen LogP contribution in [0.2, 0.25) is 5.02 Å². The molecule has 1 aromatic carbocycles. The molecule has 170 valence electrons. The van der Waals surface area contributed by atoms with Crippen molar-refractivity contribution >= 4 is 45.8 Å². The van der Waals surface area contributed by atoms with Gasteiger partial charge in [-0.2, -0.15) is 0 Å². The number of aryl methyl sites for hydroxylation is 1. The fraction of sp³-hybridized carbons (Fsp3) is 0.435. The van der Waals surface area contributed by atoms with Crippen molar-refractivity contribution in [3.8, 4) is 11.1 Å². The highest BCUT2D eigenvalue weighted by Gasteiger charge is 2.55. The summed E-state index contributed by atoms with van der Waals surface area (Å²) in [5, 5.41) is 13.4. The molecule has 7 nitrogen and oxygen atoms in total. The van der Waals surface area contributed by atoms with Crippen molar-refractivity contribution in [3.05, 3.63) is 39.7 Å². The van der Waals surface area contributed by atoms with Crippen LogP contribution in [-0.2, 0) is 19.1 Å². The SMILES string of the molecule is Cc1sc(NC(=O)[C@@H]2[C@H](C(=O)O)[C@H]3CC[C@H]2O3)c(C(=O)OC(C)C)c1-c1ccc(Cl)cc1. The maximum Gasteiger partial charge on any atom is 0.342 e. The van der Waals surface area contributed by atoms with Gasteiger partial charge < -0.3 is 19.9 Å². The third-order valence-corrected chi connectivity index (χ3v) is 7.13. The maximum absolute atomic E-state index is 13.2. The molecule has 2 N–H and O–H groups in total. The third-order valence-electron chi connectivity index (χ3n) is 5.86. The minimum absolute atomic E-state index is 0.257. The summed E-state index contributed by atoms with van der Waals surface area (Å²) in [6.45, 7) is 5.36. The molecule has 1 amide bonds. The number of nitrogens with one attached hydrogen (secondary N) is 1. The summed E-state index contributed by atoms with van der Waals surface area (Å²) in [6, 6.07) is 7.07. The molecular weight excluding hydrogens is 454 g/mol. The molecule has 0 aliphatic carbocycles. The van der Waals surface area contributed by atoms with Crippen LogP contribution in [0, 0.1) is 18.8 Å². The van der Waals surface area contributed by atoms with Crippen LogP contribution in [0.25, 0.3) is 11.1 Å². The number of hydrogen-bond donors (Lipinski definition) is 2. The Hall–Kier alpha value is -2.42. The number of fused-ring (bicyclic) bond motifs is 2. The largest absolute Gasteiger partial charge is 0.481 e. The van der Waals surface area contributed by atoms with E-state index in [4.69, 9.17) is 21.1 Å². The van der Waals surface area contributed by atoms with E-state index >= 15 is 0 Å². The molecule has 2 saturated heterocycles. The van der Waals surface area contributed by atoms with E-state index in [1.165, 1.54) is 11.3 Å². The van der Waals surface area contributed by atoms with E-state index < -0.39 is 41.9 Å². The molecule has 2 bridgehead atoms. The summed E-state index contributed by atoms with van der Waals surface area (Å²) in [7, 11) is 0. The van der Waals surface area contributed by atoms with Gasteiger partial charge in [-0.3, -0.25) is 9.59 Å². The van der Waals surface area contributed by atoms with Gasteiger partial charge in [-0.15, -0.1) is 11.3 Å². The molecule has 3 heterocycles. The number of halogens is 1. The van der Waals surface area contributed by atoms with E-state index in [9.17, 15) is 19.5 Å². The van der Waals surface area contributed by atoms with Crippen LogP contribution in [0.15, 0.2) is 24.3 Å². The lowest BCUT2D eigenvalue weighted by atomic mass is 9.78. The van der Waals surface area contributed by atoms with E-state index in [1.807, 2.05) is 6.92 Å². The zero-order valence-electron chi connectivity index (χ0n) is 17.9. The molecule has 0 unspecified atom stereocenters. The number of carbonyl (C=O) groups is 3. The van der Waals surface area contributed by atoms with Crippen LogP contribution in [-0.4, -0.2) is 41.3 Å². The zero-order chi connectivity index (χ0) is 23.2. The minimum atomic E-state index is -1.04. The van der Waals surface area contributed by atoms with Gasteiger partial charge in [0, 0.05) is 15.5 Å². The summed E-state index contributed by atoms with van der Waals surface area (Å²) in [5.41, 5.74) is 1.69. The lowest BCUT2D eigenvalue weighted by Crippen LogP contribution is -2.41. The Morgan fingerprint density at radius 1 is 1.16 bits per heavy atom. The second-order valence-electron chi connectivity index (χ2n) is 8.37. The quantitative estimate of drug-likeness (QED) is 0.581. The van der Waals surface area contributed by atoms with Crippen molar-refractivity contribution in [2.45, 2.75) is 51.9 Å². The van der Waals surface area contributed by atoms with E-state index in [0.717, 1.165) is 10.4 Å². The van der Waals surface area contributed by atoms with Gasteiger partial charge in [0.2, 0.25) is 5.91 Å². The van der Waals surface area contributed by atoms with Crippen molar-refractivity contribution in [3.63, 3.8) is 0 Å². The van der Waals surface area contributed by atoms with Gasteiger partial charge in [-0.05, 0) is 51.3 Å². The minimum Gasteiger partial charge on any atom is -0.481 e. The number of carboxylic acids is 1. The van der Waals surface area contributed by atoms with Crippen LogP contribution in [0.1, 0.15) is 41.9 Å². The summed E-state index contributed by atoms with van der Waals surface area (Å²) in [4.78, 5) is 38.8. The van der Waals surface area contributed by atoms with Gasteiger partial charge in [0.25, 0.3) is 0 Å². The highest BCUT2D eigenvalue weighted by molar-refractivity contribution is 7.17. The number of esters is 1. The molecule has 0 radical (unpaired) electrons. The van der Waals surface area contributed by atoms with Crippen LogP contribution >= 0.6 is 22.9 Å². The topological polar surface area (TPSA) is 102 Å². The standard InChI is InChI=1S/C23H24ClNO6S/c1-10(2)30-23(29)19-16(12-4-6-13(24)7-5-12)11(3)32-21(19)25-20(26)17-14-8-9-15(31-14)18(17)22(27)28/h4-7,10,14-15,17-18H,8-9H2,1-3H3,(H,25,26)(H,27,28)/t14-,15-,17+,18-/m1/s1. The lowest BCUT2D eigenvalue weighted by Gasteiger charge is -2.23. The normalized spacial score (nSPS) is 24.0. The molecule has 2 aliphatic rings. The number of aliphatic carboxylic acids is 1. The van der Waals surface area contributed by atoms with E-state index in [-0.39, 0.29) is 11.7 Å². The first kappa shape index (κ1) is 22.8. The summed E-state index contributed by atoms with van der Waals surface area (Å²) in [5.74, 6) is -3.74. The Kier molecular flexibility index (Phi) is 6.29. The maximum atomic E-state index is 13.2. The van der Waals surface area contributed by atoms with Crippen molar-refractivity contribution in [2.24, 2.45) is 11.8 Å². The van der Waals surface area contributed by atoms with Crippen LogP contribution in [0.5, 0.6) is 0 Å². The smallest absolute Gasteiger partial charge is 0.342 e. The van der Waals surface area contributed by atoms with Crippen LogP contribution in [0.4, 0.5) is 5.00 Å². The summed E-state index contributed by atoms with van der Waals surface area (Å²) >= 11 is 7.28. The Morgan fingerprint density at radius 2 is 1.78 bits per heavy atom. The highest BCUT2D eigenvalue weighted by Crippen LogP contribution is 2.46. The number of thiophene rings is 1. The van der Waals surface area contributed by atoms with E-state index in [0.29, 0.717) is 28.4 Å². The molecular formula is C23H24ClNO6S. The lowest BCUT2D eigenvalue weighted by molar-refractivity contribution is -0.147. The van der Waals surface area contributed by atoms with Crippen molar-refractivity contribution in [1.29, 1.82) is 0 Å². The molecule has 4 atom stereocenters. The number of amides is 1. The Morgan fingerprint density at radius 3 is 2.38 bits per heavy atom. The van der Waals surface area contributed by atoms with Crippen molar-refractivity contribution in [1.82, 2.24) is 0 Å². The van der Waals surface area contributed by atoms with Crippen LogP contribution in [0.3, 0.4) is 0 Å². The highest BCUT2D eigenvalue weighted by atomic mass is 35.5. The fourth-order valence-corrected chi connectivity index (χ4v) is 5.78. The van der Waals surface area contributed by atoms with Gasteiger partial charge in [-0.1, -0.05) is 23.7 Å². The average molecular weight is 478 g/mol. The molecule has 0 saturated carbocycles. The predicted molar refractivity (Wildman–Crippen MR) is 121 cm³/mol. The molecule has 32 heavy (non-hydrogen) atoms. The number of benzene rings is 1. The first-order chi connectivity index (χ1) is 15.2. The monoisotopic (exact) mass is 477 g/mol. The van der Waals surface area contributed by atoms with Gasteiger partial charge in [0.05, 0.1) is 30.1 Å². The van der Waals surface area contributed by atoms with Gasteiger partial charge in [0.15, 0.2) is 0 Å². The first-order valence-electron chi connectivity index (χ1n) is 10.5. The number of ether oxygens (including phenoxy) is 2. The van der Waals surface area contributed by atoms with Gasteiger partial charge in [-0.25, -0.2) is 4.79 Å². The first-order valence-corrected chi connectivity index (χ1v) is 11.7. The summed E-state index contributed by atoms with van der Waals surface area (Å²) in [6.07, 6.45) is 0.0572. The van der Waals surface area contributed by atoms with Crippen LogP contribution < -0.4 is 5.32 Å². The molecule has 1 aromatic heterocycles. The van der Waals surface area contributed by atoms with Crippen molar-refractivity contribution in [2.75, 3.05) is 5.32 Å². The second kappa shape index (κ2) is 8.84. The number of rotatable bonds is 6. The third kappa shape index (κ3) is 4.14. The molecule has 2 aromatic rings. The Labute approximate surface area is 194 Å². The summed E-state index contributed by atoms with van der Waals surface area (Å²) < 4.78 is 11.2. The Balaban J connectivity index is 1.71. The van der Waals surface area contributed by atoms with Crippen molar-refractivity contribution < 1.29 is 29.0 Å². The Bertz CT molecular complexity index is 1060. The number of anilines is 1. The van der Waals surface area contributed by atoms with E-state index in [1.54, 1.807) is 38.1 Å². The molecule has 0 spiro atoms. The molecule has 4 rings (SSSR count). The number of carboxylic acid groups (broad SMARTS) is 1. The molecule has 9 heteroatoms. The number of carbonyl (C=O) groups excluding carboxylic acids is 2. The molecule has 2 aliphatic heterocycles. The predicted octanol–water partition coefficient (Wildman–Crippen LogP) is 4.76. The second-order valence-corrected chi connectivity index (χ2v) is 10.0. The molecule has 2 fully saturated rings. The average Bonchev–Trinajstić information content (AvgIpc) is 3.41. The van der Waals surface area contributed by atoms with Gasteiger partial charge in [0.1, 0.15) is 10.6 Å². The van der Waals surface area contributed by atoms with Gasteiger partial charge >= 0.3 is 11.9 Å². The fourth-order valence-electron chi connectivity index (χ4n) is 4.58. The zero-order valence-corrected chi connectivity index (χ0v) is 19.5. The van der Waals surface area contributed by atoms with E-state index in [2.05, 4.69) is 5.32 Å².